The molecule has 0 fully saturated rings. The molecule has 1 aromatic carbocycles. The molecule has 0 bridgehead atoms. The molecule has 1 amide bonds. The van der Waals surface area contributed by atoms with Gasteiger partial charge in [-0.2, -0.15) is 4.98 Å². The number of anilines is 1. The molecule has 1 aromatic heterocycles. The summed E-state index contributed by atoms with van der Waals surface area (Å²) < 4.78 is 5.15. The van der Waals surface area contributed by atoms with Gasteiger partial charge in [0.05, 0.1) is 10.5 Å². The van der Waals surface area contributed by atoms with E-state index >= 15 is 0 Å². The molecule has 19 heavy (non-hydrogen) atoms. The van der Waals surface area contributed by atoms with Gasteiger partial charge in [-0.05, 0) is 28.9 Å². The number of hydrogen-bond acceptors (Lipinski definition) is 6. The number of carbonyl (C=O) groups is 1. The molecule has 0 spiro atoms. The smallest absolute Gasteiger partial charge is 0.315 e. The number of nitrogens with zero attached hydrogens (tertiary/aromatic N) is 3. The predicted octanol–water partition coefficient (Wildman–Crippen LogP) is 2.30. The third kappa shape index (κ3) is 2.94. The molecule has 1 N–H and O–H groups in total. The number of non-ortho nitro benzene ring substituents is 1. The first-order valence-electron chi connectivity index (χ1n) is 5.03. The van der Waals surface area contributed by atoms with Crippen LogP contribution in [0.5, 0.6) is 0 Å². The lowest BCUT2D eigenvalue weighted by Gasteiger charge is -2.03. The second-order valence-electron chi connectivity index (χ2n) is 3.52. The van der Waals surface area contributed by atoms with E-state index in [-0.39, 0.29) is 17.3 Å². The third-order valence-electron chi connectivity index (χ3n) is 2.15. The Labute approximate surface area is 115 Å². The van der Waals surface area contributed by atoms with Crippen LogP contribution in [-0.4, -0.2) is 21.0 Å². The monoisotopic (exact) mass is 326 g/mol. The van der Waals surface area contributed by atoms with Crippen LogP contribution in [0.2, 0.25) is 0 Å². The lowest BCUT2D eigenvalue weighted by molar-refractivity contribution is -0.384. The average Bonchev–Trinajstić information content (AvgIpc) is 2.74. The fraction of sp³-hybridized carbons (Fsp3) is 0.100. The Kier molecular flexibility index (Phi) is 3.56. The van der Waals surface area contributed by atoms with Crippen LogP contribution >= 0.6 is 15.9 Å². The number of hydrogen-bond donors (Lipinski definition) is 1. The molecule has 0 aliphatic heterocycles. The van der Waals surface area contributed by atoms with Gasteiger partial charge >= 0.3 is 6.01 Å². The van der Waals surface area contributed by atoms with Gasteiger partial charge in [-0.25, -0.2) is 0 Å². The van der Waals surface area contributed by atoms with Gasteiger partial charge in [-0.3, -0.25) is 20.2 Å². The number of amides is 1. The fourth-order valence-corrected chi connectivity index (χ4v) is 1.74. The van der Waals surface area contributed by atoms with Crippen molar-refractivity contribution < 1.29 is 14.2 Å². The second-order valence-corrected chi connectivity index (χ2v) is 4.38. The van der Waals surface area contributed by atoms with Gasteiger partial charge in [0.15, 0.2) is 5.82 Å². The maximum atomic E-state index is 11.9. The number of carbonyl (C=O) groups excluding carboxylic acids is 1. The van der Waals surface area contributed by atoms with Gasteiger partial charge in [0.1, 0.15) is 0 Å². The minimum Gasteiger partial charge on any atom is -0.315 e. The maximum absolute atomic E-state index is 11.9. The highest BCUT2D eigenvalue weighted by Crippen LogP contribution is 2.23. The predicted molar refractivity (Wildman–Crippen MR) is 67.8 cm³/mol. The average molecular weight is 327 g/mol. The molecule has 0 aliphatic carbocycles. The standard InChI is InChI=1S/C10H7BrN4O4/c1-5-12-10(19-14-5)13-9(16)7-4-6(15(17)18)2-3-8(7)11/h2-4H,1H3,(H,12,13,14,16). The first-order chi connectivity index (χ1) is 8.97. The highest BCUT2D eigenvalue weighted by Gasteiger charge is 2.17. The van der Waals surface area contributed by atoms with Gasteiger partial charge in [0.2, 0.25) is 0 Å². The van der Waals surface area contributed by atoms with Crippen LogP contribution in [0.1, 0.15) is 16.2 Å². The van der Waals surface area contributed by atoms with Crippen LogP contribution in [0.15, 0.2) is 27.2 Å². The second kappa shape index (κ2) is 5.14. The third-order valence-corrected chi connectivity index (χ3v) is 2.84. The molecule has 0 unspecified atom stereocenters. The molecule has 2 rings (SSSR count). The summed E-state index contributed by atoms with van der Waals surface area (Å²) in [7, 11) is 0. The van der Waals surface area contributed by atoms with Crippen LogP contribution in [0.3, 0.4) is 0 Å². The summed E-state index contributed by atoms with van der Waals surface area (Å²) in [5.74, 6) is -0.215. The molecular formula is C10H7BrN4O4. The maximum Gasteiger partial charge on any atom is 0.328 e. The van der Waals surface area contributed by atoms with Gasteiger partial charge in [-0.15, -0.1) is 0 Å². The number of nitro groups is 1. The molecule has 8 nitrogen and oxygen atoms in total. The van der Waals surface area contributed by atoms with E-state index in [0.29, 0.717) is 10.3 Å². The number of nitrogens with one attached hydrogen (secondary N) is 1. The molecule has 9 heteroatoms. The van der Waals surface area contributed by atoms with Gasteiger partial charge in [0, 0.05) is 16.6 Å². The Morgan fingerprint density at radius 2 is 2.26 bits per heavy atom. The van der Waals surface area contributed by atoms with Crippen molar-refractivity contribution in [1.29, 1.82) is 0 Å². The summed E-state index contributed by atoms with van der Waals surface area (Å²) in [6.45, 7) is 1.60. The Morgan fingerprint density at radius 1 is 1.53 bits per heavy atom. The first-order valence-corrected chi connectivity index (χ1v) is 5.82. The summed E-state index contributed by atoms with van der Waals surface area (Å²) in [6, 6.07) is 3.80. The van der Waals surface area contributed by atoms with E-state index in [4.69, 9.17) is 4.52 Å². The van der Waals surface area contributed by atoms with E-state index in [1.54, 1.807) is 6.92 Å². The molecule has 0 aliphatic rings. The minimum absolute atomic E-state index is 0.0686. The van der Waals surface area contributed by atoms with Crippen molar-refractivity contribution in [3.05, 3.63) is 44.2 Å². The van der Waals surface area contributed by atoms with Crippen molar-refractivity contribution in [1.82, 2.24) is 10.1 Å². The van der Waals surface area contributed by atoms with Crippen LogP contribution in [0.25, 0.3) is 0 Å². The SMILES string of the molecule is Cc1noc(NC(=O)c2cc([N+](=O)[O-])ccc2Br)n1. The van der Waals surface area contributed by atoms with Crippen molar-refractivity contribution in [3.8, 4) is 0 Å². The van der Waals surface area contributed by atoms with Crippen LogP contribution in [0, 0.1) is 17.0 Å². The van der Waals surface area contributed by atoms with Gasteiger partial charge in [-0.1, -0.05) is 5.16 Å². The summed E-state index contributed by atoms with van der Waals surface area (Å²) in [4.78, 5) is 25.8. The lowest BCUT2D eigenvalue weighted by atomic mass is 10.2. The number of aromatic nitrogens is 2. The van der Waals surface area contributed by atoms with E-state index in [1.807, 2.05) is 0 Å². The van der Waals surface area contributed by atoms with Crippen molar-refractivity contribution in [2.45, 2.75) is 6.92 Å². The summed E-state index contributed by atoms with van der Waals surface area (Å²) in [5, 5.41) is 16.5. The number of benzene rings is 1. The van der Waals surface area contributed by atoms with Crippen molar-refractivity contribution in [2.75, 3.05) is 5.32 Å². The zero-order valence-electron chi connectivity index (χ0n) is 9.58. The number of halogens is 1. The Morgan fingerprint density at radius 3 is 2.84 bits per heavy atom. The Bertz CT molecular complexity index is 655. The van der Waals surface area contributed by atoms with Gasteiger partial charge < -0.3 is 4.52 Å². The van der Waals surface area contributed by atoms with Crippen molar-refractivity contribution in [3.63, 3.8) is 0 Å². The topological polar surface area (TPSA) is 111 Å². The molecule has 0 saturated heterocycles. The van der Waals surface area contributed by atoms with Gasteiger partial charge in [0.25, 0.3) is 11.6 Å². The zero-order valence-corrected chi connectivity index (χ0v) is 11.2. The van der Waals surface area contributed by atoms with E-state index in [9.17, 15) is 14.9 Å². The van der Waals surface area contributed by atoms with E-state index < -0.39 is 10.8 Å². The molecule has 2 aromatic rings. The molecular weight excluding hydrogens is 320 g/mol. The highest BCUT2D eigenvalue weighted by atomic mass is 79.9. The fourth-order valence-electron chi connectivity index (χ4n) is 1.31. The largest absolute Gasteiger partial charge is 0.328 e. The summed E-state index contributed by atoms with van der Waals surface area (Å²) in [5.41, 5.74) is -0.0832. The number of nitro benzene ring substituents is 1. The number of aryl methyl sites for hydroxylation is 1. The van der Waals surface area contributed by atoms with Crippen LogP contribution in [-0.2, 0) is 0 Å². The molecule has 98 valence electrons. The van der Waals surface area contributed by atoms with Crippen LogP contribution in [0.4, 0.5) is 11.7 Å². The summed E-state index contributed by atoms with van der Waals surface area (Å²) >= 11 is 3.15. The number of rotatable bonds is 3. The molecule has 0 saturated carbocycles. The van der Waals surface area contributed by atoms with E-state index in [2.05, 4.69) is 31.4 Å². The van der Waals surface area contributed by atoms with Crippen LogP contribution < -0.4 is 5.32 Å². The minimum atomic E-state index is -0.584. The Hall–Kier alpha value is -2.29. The molecule has 0 radical (unpaired) electrons. The van der Waals surface area contributed by atoms with E-state index in [1.165, 1.54) is 12.1 Å². The summed E-state index contributed by atoms with van der Waals surface area (Å²) in [6.07, 6.45) is 0. The Balaban J connectivity index is 2.27. The lowest BCUT2D eigenvalue weighted by Crippen LogP contribution is -2.13. The highest BCUT2D eigenvalue weighted by molar-refractivity contribution is 9.10. The van der Waals surface area contributed by atoms with E-state index in [0.717, 1.165) is 6.07 Å². The zero-order chi connectivity index (χ0) is 14.0. The first kappa shape index (κ1) is 13.1. The van der Waals surface area contributed by atoms with Crippen molar-refractivity contribution >= 4 is 33.5 Å². The normalized spacial score (nSPS) is 10.2. The molecule has 0 atom stereocenters. The van der Waals surface area contributed by atoms with Crippen molar-refractivity contribution in [2.24, 2.45) is 0 Å². The molecule has 1 heterocycles. The quantitative estimate of drug-likeness (QED) is 0.684.